The number of para-hydroxylation sites is 1. The standard InChI is InChI=1S/C18H21BrN2O2/c1-18(2,3)23-17(22)21-10-7-8-14(21)15-11-5-4-6-12(19)16(11)20-13(15)9-10/h4-6,10,14,20H,7-9H2,1-3H3. The van der Waals surface area contributed by atoms with Gasteiger partial charge in [-0.15, -0.1) is 0 Å². The zero-order valence-corrected chi connectivity index (χ0v) is 15.2. The molecule has 2 aromatic rings. The van der Waals surface area contributed by atoms with Crippen LogP contribution in [0.3, 0.4) is 0 Å². The van der Waals surface area contributed by atoms with Crippen LogP contribution in [0.4, 0.5) is 4.79 Å². The number of hydrogen-bond acceptors (Lipinski definition) is 2. The van der Waals surface area contributed by atoms with E-state index in [9.17, 15) is 4.79 Å². The van der Waals surface area contributed by atoms with Gasteiger partial charge in [-0.05, 0) is 55.6 Å². The smallest absolute Gasteiger partial charge is 0.411 e. The lowest BCUT2D eigenvalue weighted by molar-refractivity contribution is 0.0125. The number of hydrogen-bond donors (Lipinski definition) is 1. The second-order valence-corrected chi connectivity index (χ2v) is 8.37. The Kier molecular flexibility index (Phi) is 3.28. The van der Waals surface area contributed by atoms with E-state index < -0.39 is 5.60 Å². The second kappa shape index (κ2) is 5.00. The summed E-state index contributed by atoms with van der Waals surface area (Å²) in [6.45, 7) is 5.76. The van der Waals surface area contributed by atoms with Crippen molar-refractivity contribution in [3.8, 4) is 0 Å². The van der Waals surface area contributed by atoms with Crippen LogP contribution >= 0.6 is 15.9 Å². The minimum Gasteiger partial charge on any atom is -0.444 e. The van der Waals surface area contributed by atoms with Crippen LogP contribution in [0.15, 0.2) is 22.7 Å². The first-order valence-electron chi connectivity index (χ1n) is 8.15. The Bertz CT molecular complexity index is 790. The number of rotatable bonds is 0. The summed E-state index contributed by atoms with van der Waals surface area (Å²) in [5.41, 5.74) is 3.23. The number of ether oxygens (including phenoxy) is 1. The van der Waals surface area contributed by atoms with Gasteiger partial charge >= 0.3 is 6.09 Å². The predicted molar refractivity (Wildman–Crippen MR) is 93.5 cm³/mol. The van der Waals surface area contributed by atoms with Gasteiger partial charge in [0.1, 0.15) is 5.60 Å². The molecule has 2 aliphatic heterocycles. The van der Waals surface area contributed by atoms with Crippen molar-refractivity contribution in [1.29, 1.82) is 0 Å². The number of aromatic nitrogens is 1. The van der Waals surface area contributed by atoms with E-state index in [1.165, 1.54) is 16.6 Å². The topological polar surface area (TPSA) is 45.3 Å². The van der Waals surface area contributed by atoms with Crippen LogP contribution < -0.4 is 0 Å². The summed E-state index contributed by atoms with van der Waals surface area (Å²) in [7, 11) is 0. The molecule has 1 N–H and O–H groups in total. The van der Waals surface area contributed by atoms with Crippen molar-refractivity contribution in [2.75, 3.05) is 0 Å². The average Bonchev–Trinajstić information content (AvgIpc) is 2.96. The Balaban J connectivity index is 1.78. The van der Waals surface area contributed by atoms with E-state index in [4.69, 9.17) is 4.74 Å². The fourth-order valence-corrected chi connectivity index (χ4v) is 4.46. The fraction of sp³-hybridized carbons (Fsp3) is 0.500. The molecule has 4 nitrogen and oxygen atoms in total. The molecule has 5 heteroatoms. The first kappa shape index (κ1) is 15.1. The van der Waals surface area contributed by atoms with Crippen LogP contribution in [0.2, 0.25) is 0 Å². The molecule has 0 radical (unpaired) electrons. The van der Waals surface area contributed by atoms with E-state index in [2.05, 4.69) is 33.0 Å². The van der Waals surface area contributed by atoms with Gasteiger partial charge in [-0.25, -0.2) is 4.79 Å². The van der Waals surface area contributed by atoms with Crippen molar-refractivity contribution in [1.82, 2.24) is 9.88 Å². The molecule has 4 rings (SSSR count). The largest absolute Gasteiger partial charge is 0.444 e. The molecule has 0 spiro atoms. The molecule has 3 heterocycles. The number of carbonyl (C=O) groups excluding carboxylic acids is 1. The van der Waals surface area contributed by atoms with Crippen LogP contribution in [0.25, 0.3) is 10.9 Å². The molecule has 1 fully saturated rings. The third-order valence-corrected chi connectivity index (χ3v) is 5.45. The summed E-state index contributed by atoms with van der Waals surface area (Å²) in [4.78, 5) is 18.2. The van der Waals surface area contributed by atoms with Gasteiger partial charge in [0, 0.05) is 33.6 Å². The summed E-state index contributed by atoms with van der Waals surface area (Å²) in [6, 6.07) is 6.62. The first-order chi connectivity index (χ1) is 10.8. The van der Waals surface area contributed by atoms with Gasteiger partial charge in [0.25, 0.3) is 0 Å². The van der Waals surface area contributed by atoms with E-state index in [1.807, 2.05) is 31.7 Å². The molecule has 2 bridgehead atoms. The molecular weight excluding hydrogens is 356 g/mol. The summed E-state index contributed by atoms with van der Waals surface area (Å²) in [5, 5.41) is 1.22. The number of benzene rings is 1. The number of carbonyl (C=O) groups is 1. The minimum atomic E-state index is -0.458. The minimum absolute atomic E-state index is 0.127. The van der Waals surface area contributed by atoms with E-state index in [-0.39, 0.29) is 18.2 Å². The molecule has 23 heavy (non-hydrogen) atoms. The predicted octanol–water partition coefficient (Wildman–Crippen LogP) is 4.93. The Morgan fingerprint density at radius 3 is 2.87 bits per heavy atom. The molecule has 2 unspecified atom stereocenters. The zero-order valence-electron chi connectivity index (χ0n) is 13.6. The monoisotopic (exact) mass is 376 g/mol. The molecule has 1 saturated heterocycles. The van der Waals surface area contributed by atoms with Crippen LogP contribution in [0, 0.1) is 0 Å². The summed E-state index contributed by atoms with van der Waals surface area (Å²) in [6.07, 6.45) is 2.75. The lowest BCUT2D eigenvalue weighted by Gasteiger charge is -2.36. The number of nitrogens with zero attached hydrogens (tertiary/aromatic N) is 1. The quantitative estimate of drug-likeness (QED) is 0.708. The van der Waals surface area contributed by atoms with Gasteiger partial charge in [-0.2, -0.15) is 0 Å². The highest BCUT2D eigenvalue weighted by Gasteiger charge is 2.45. The Labute approximate surface area is 144 Å². The molecular formula is C18H21BrN2O2. The fourth-order valence-electron chi connectivity index (χ4n) is 3.99. The van der Waals surface area contributed by atoms with Crippen LogP contribution in [0.1, 0.15) is 50.9 Å². The summed E-state index contributed by atoms with van der Waals surface area (Å²) >= 11 is 3.62. The van der Waals surface area contributed by atoms with Crippen LogP contribution in [0.5, 0.6) is 0 Å². The molecule has 122 valence electrons. The van der Waals surface area contributed by atoms with Crippen molar-refractivity contribution >= 4 is 32.9 Å². The highest BCUT2D eigenvalue weighted by atomic mass is 79.9. The average molecular weight is 377 g/mol. The number of H-pyrrole nitrogens is 1. The van der Waals surface area contributed by atoms with Crippen molar-refractivity contribution < 1.29 is 9.53 Å². The maximum absolute atomic E-state index is 12.7. The van der Waals surface area contributed by atoms with E-state index in [1.54, 1.807) is 0 Å². The van der Waals surface area contributed by atoms with Gasteiger partial charge < -0.3 is 9.72 Å². The lowest BCUT2D eigenvalue weighted by atomic mass is 9.97. The van der Waals surface area contributed by atoms with Crippen molar-refractivity contribution in [3.63, 3.8) is 0 Å². The van der Waals surface area contributed by atoms with E-state index >= 15 is 0 Å². The first-order valence-corrected chi connectivity index (χ1v) is 8.95. The number of fused-ring (bicyclic) bond motifs is 6. The van der Waals surface area contributed by atoms with Crippen LogP contribution in [-0.2, 0) is 11.2 Å². The van der Waals surface area contributed by atoms with Gasteiger partial charge in [0.2, 0.25) is 0 Å². The summed E-state index contributed by atoms with van der Waals surface area (Å²) in [5.74, 6) is 0. The molecule has 1 aromatic heterocycles. The van der Waals surface area contributed by atoms with Crippen LogP contribution in [-0.4, -0.2) is 27.6 Å². The van der Waals surface area contributed by atoms with Crippen molar-refractivity contribution in [3.05, 3.63) is 33.9 Å². The van der Waals surface area contributed by atoms with Gasteiger partial charge in [0.05, 0.1) is 11.6 Å². The SMILES string of the molecule is CC(C)(C)OC(=O)N1C2CCC1c1c([nH]c3c(Br)cccc13)C2. The molecule has 2 atom stereocenters. The molecule has 1 amide bonds. The Morgan fingerprint density at radius 1 is 1.35 bits per heavy atom. The third kappa shape index (κ3) is 2.36. The number of halogens is 1. The van der Waals surface area contributed by atoms with Crippen molar-refractivity contribution in [2.45, 2.75) is 57.7 Å². The Morgan fingerprint density at radius 2 is 2.13 bits per heavy atom. The van der Waals surface area contributed by atoms with Gasteiger partial charge in [-0.1, -0.05) is 12.1 Å². The highest BCUT2D eigenvalue weighted by Crippen LogP contribution is 2.47. The zero-order chi connectivity index (χ0) is 16.4. The molecule has 1 aromatic carbocycles. The van der Waals surface area contributed by atoms with Gasteiger partial charge in [0.15, 0.2) is 0 Å². The van der Waals surface area contributed by atoms with E-state index in [0.29, 0.717) is 0 Å². The maximum Gasteiger partial charge on any atom is 0.411 e. The number of amides is 1. The number of aromatic amines is 1. The third-order valence-electron chi connectivity index (χ3n) is 4.78. The molecule has 2 aliphatic rings. The second-order valence-electron chi connectivity index (χ2n) is 7.52. The lowest BCUT2D eigenvalue weighted by Crippen LogP contribution is -2.44. The molecule has 0 saturated carbocycles. The van der Waals surface area contributed by atoms with Gasteiger partial charge in [-0.3, -0.25) is 4.90 Å². The Hall–Kier alpha value is -1.49. The number of nitrogens with one attached hydrogen (secondary N) is 1. The summed E-state index contributed by atoms with van der Waals surface area (Å²) < 4.78 is 6.73. The molecule has 0 aliphatic carbocycles. The van der Waals surface area contributed by atoms with E-state index in [0.717, 1.165) is 29.3 Å². The van der Waals surface area contributed by atoms with Crippen molar-refractivity contribution in [2.24, 2.45) is 0 Å². The normalized spacial score (nSPS) is 23.2. The maximum atomic E-state index is 12.7. The highest BCUT2D eigenvalue weighted by molar-refractivity contribution is 9.10.